The van der Waals surface area contributed by atoms with Crippen molar-refractivity contribution in [2.75, 3.05) is 0 Å². The Kier molecular flexibility index (Phi) is 2.00. The molecule has 1 aromatic carbocycles. The summed E-state index contributed by atoms with van der Waals surface area (Å²) < 4.78 is 5.47. The van der Waals surface area contributed by atoms with Gasteiger partial charge < -0.3 is 9.84 Å². The van der Waals surface area contributed by atoms with Crippen LogP contribution in [0.4, 0.5) is 0 Å². The van der Waals surface area contributed by atoms with E-state index in [4.69, 9.17) is 4.74 Å². The van der Waals surface area contributed by atoms with Crippen LogP contribution in [-0.4, -0.2) is 11.2 Å². The van der Waals surface area contributed by atoms with E-state index in [9.17, 15) is 5.11 Å². The molecular formula is C11H14O2. The molecule has 2 atom stereocenters. The van der Waals surface area contributed by atoms with E-state index >= 15 is 0 Å². The number of aliphatic hydroxyl groups is 1. The molecule has 0 spiro atoms. The summed E-state index contributed by atoms with van der Waals surface area (Å²) in [6.07, 6.45) is 0.428. The lowest BCUT2D eigenvalue weighted by atomic mass is 10.0. The third kappa shape index (κ3) is 1.31. The largest absolute Gasteiger partial charge is 0.487 e. The van der Waals surface area contributed by atoms with Gasteiger partial charge in [-0.2, -0.15) is 0 Å². The first kappa shape index (κ1) is 8.57. The van der Waals surface area contributed by atoms with E-state index in [1.54, 1.807) is 0 Å². The lowest BCUT2D eigenvalue weighted by molar-refractivity contribution is 0.0795. The minimum Gasteiger partial charge on any atom is -0.487 e. The molecule has 1 aliphatic heterocycles. The molecule has 0 amide bonds. The summed E-state index contributed by atoms with van der Waals surface area (Å²) in [5.74, 6) is 0.831. The van der Waals surface area contributed by atoms with Crippen molar-refractivity contribution in [2.45, 2.75) is 32.5 Å². The standard InChI is InChI=1S/C11H14O2/c1-3-8-4-5-10-9(6-8)11(12)7(2)13-10/h4-7,11-12H,3H2,1-2H3. The fraction of sp³-hybridized carbons (Fsp3) is 0.455. The van der Waals surface area contributed by atoms with E-state index in [1.807, 2.05) is 25.1 Å². The zero-order valence-corrected chi connectivity index (χ0v) is 7.95. The molecule has 0 saturated carbocycles. The van der Waals surface area contributed by atoms with Crippen molar-refractivity contribution in [2.24, 2.45) is 0 Å². The molecule has 1 heterocycles. The Morgan fingerprint density at radius 1 is 1.46 bits per heavy atom. The third-order valence-electron chi connectivity index (χ3n) is 2.56. The molecule has 0 aliphatic carbocycles. The molecule has 1 N–H and O–H groups in total. The molecule has 70 valence electrons. The normalized spacial score (nSPS) is 25.5. The van der Waals surface area contributed by atoms with Crippen LogP contribution in [-0.2, 0) is 6.42 Å². The van der Waals surface area contributed by atoms with Gasteiger partial charge in [0.25, 0.3) is 0 Å². The smallest absolute Gasteiger partial charge is 0.126 e. The molecular weight excluding hydrogens is 164 g/mol. The maximum atomic E-state index is 9.74. The van der Waals surface area contributed by atoms with E-state index in [1.165, 1.54) is 5.56 Å². The predicted octanol–water partition coefficient (Wildman–Crippen LogP) is 2.06. The van der Waals surface area contributed by atoms with Gasteiger partial charge in [-0.05, 0) is 31.0 Å². The number of ether oxygens (including phenoxy) is 1. The van der Waals surface area contributed by atoms with Crippen molar-refractivity contribution in [1.29, 1.82) is 0 Å². The van der Waals surface area contributed by atoms with Gasteiger partial charge in [-0.3, -0.25) is 0 Å². The van der Waals surface area contributed by atoms with Crippen molar-refractivity contribution in [3.63, 3.8) is 0 Å². The summed E-state index contributed by atoms with van der Waals surface area (Å²) in [6.45, 7) is 3.99. The molecule has 2 nitrogen and oxygen atoms in total. The Bertz CT molecular complexity index is 320. The predicted molar refractivity (Wildman–Crippen MR) is 50.9 cm³/mol. The summed E-state index contributed by atoms with van der Waals surface area (Å²) in [5.41, 5.74) is 2.18. The van der Waals surface area contributed by atoms with Gasteiger partial charge in [-0.25, -0.2) is 0 Å². The van der Waals surface area contributed by atoms with Crippen LogP contribution in [0.15, 0.2) is 18.2 Å². The molecule has 1 aliphatic rings. The highest BCUT2D eigenvalue weighted by Crippen LogP contribution is 2.36. The summed E-state index contributed by atoms with van der Waals surface area (Å²) in [4.78, 5) is 0. The first-order chi connectivity index (χ1) is 6.22. The Morgan fingerprint density at radius 3 is 2.92 bits per heavy atom. The Labute approximate surface area is 78.2 Å². The van der Waals surface area contributed by atoms with E-state index in [-0.39, 0.29) is 6.10 Å². The van der Waals surface area contributed by atoms with Gasteiger partial charge >= 0.3 is 0 Å². The minimum atomic E-state index is -0.457. The summed E-state index contributed by atoms with van der Waals surface area (Å²) in [6, 6.07) is 6.02. The molecule has 2 unspecified atom stereocenters. The zero-order chi connectivity index (χ0) is 9.42. The van der Waals surface area contributed by atoms with E-state index < -0.39 is 6.10 Å². The summed E-state index contributed by atoms with van der Waals surface area (Å²) in [7, 11) is 0. The Hall–Kier alpha value is -1.02. The number of rotatable bonds is 1. The van der Waals surface area contributed by atoms with Crippen LogP contribution < -0.4 is 4.74 Å². The number of benzene rings is 1. The number of hydrogen-bond acceptors (Lipinski definition) is 2. The molecule has 0 aromatic heterocycles. The van der Waals surface area contributed by atoms with Gasteiger partial charge in [0.1, 0.15) is 18.0 Å². The van der Waals surface area contributed by atoms with Crippen LogP contribution in [0.5, 0.6) is 5.75 Å². The molecule has 13 heavy (non-hydrogen) atoms. The highest BCUT2D eigenvalue weighted by Gasteiger charge is 2.28. The van der Waals surface area contributed by atoms with Crippen molar-refractivity contribution in [3.05, 3.63) is 29.3 Å². The Morgan fingerprint density at radius 2 is 2.23 bits per heavy atom. The molecule has 0 bridgehead atoms. The highest BCUT2D eigenvalue weighted by molar-refractivity contribution is 5.42. The van der Waals surface area contributed by atoms with Crippen molar-refractivity contribution < 1.29 is 9.84 Å². The number of fused-ring (bicyclic) bond motifs is 1. The lowest BCUT2D eigenvalue weighted by Crippen LogP contribution is -2.12. The van der Waals surface area contributed by atoms with Gasteiger partial charge in [-0.15, -0.1) is 0 Å². The van der Waals surface area contributed by atoms with Crippen LogP contribution in [0.2, 0.25) is 0 Å². The van der Waals surface area contributed by atoms with E-state index in [2.05, 4.69) is 6.92 Å². The quantitative estimate of drug-likeness (QED) is 0.713. The minimum absolute atomic E-state index is 0.109. The number of aliphatic hydroxyl groups excluding tert-OH is 1. The average Bonchev–Trinajstić information content (AvgIpc) is 2.43. The van der Waals surface area contributed by atoms with Crippen molar-refractivity contribution >= 4 is 0 Å². The summed E-state index contributed by atoms with van der Waals surface area (Å²) >= 11 is 0. The van der Waals surface area contributed by atoms with Gasteiger partial charge in [-0.1, -0.05) is 13.0 Å². The zero-order valence-electron chi connectivity index (χ0n) is 7.95. The number of hydrogen-bond donors (Lipinski definition) is 1. The van der Waals surface area contributed by atoms with Gasteiger partial charge in [0, 0.05) is 5.56 Å². The monoisotopic (exact) mass is 178 g/mol. The molecule has 2 heteroatoms. The highest BCUT2D eigenvalue weighted by atomic mass is 16.5. The van der Waals surface area contributed by atoms with Crippen LogP contribution in [0.3, 0.4) is 0 Å². The maximum absolute atomic E-state index is 9.74. The van der Waals surface area contributed by atoms with E-state index in [0.29, 0.717) is 0 Å². The maximum Gasteiger partial charge on any atom is 0.126 e. The third-order valence-corrected chi connectivity index (χ3v) is 2.56. The second-order valence-electron chi connectivity index (χ2n) is 3.49. The molecule has 1 aromatic rings. The lowest BCUT2D eigenvalue weighted by Gasteiger charge is -2.06. The number of aryl methyl sites for hydroxylation is 1. The van der Waals surface area contributed by atoms with Gasteiger partial charge in [0.05, 0.1) is 0 Å². The molecule has 0 radical (unpaired) electrons. The second kappa shape index (κ2) is 3.04. The first-order valence-corrected chi connectivity index (χ1v) is 4.70. The van der Waals surface area contributed by atoms with Crippen LogP contribution in [0.25, 0.3) is 0 Å². The van der Waals surface area contributed by atoms with Crippen LogP contribution >= 0.6 is 0 Å². The van der Waals surface area contributed by atoms with Gasteiger partial charge in [0.15, 0.2) is 0 Å². The van der Waals surface area contributed by atoms with Crippen LogP contribution in [0.1, 0.15) is 31.1 Å². The second-order valence-corrected chi connectivity index (χ2v) is 3.49. The first-order valence-electron chi connectivity index (χ1n) is 4.70. The topological polar surface area (TPSA) is 29.5 Å². The molecule has 2 rings (SSSR count). The fourth-order valence-electron chi connectivity index (χ4n) is 1.67. The van der Waals surface area contributed by atoms with Crippen LogP contribution in [0, 0.1) is 0 Å². The Balaban J connectivity index is 2.42. The molecule has 0 saturated heterocycles. The van der Waals surface area contributed by atoms with Gasteiger partial charge in [0.2, 0.25) is 0 Å². The fourth-order valence-corrected chi connectivity index (χ4v) is 1.67. The summed E-state index contributed by atoms with van der Waals surface area (Å²) in [5, 5.41) is 9.74. The van der Waals surface area contributed by atoms with E-state index in [0.717, 1.165) is 17.7 Å². The average molecular weight is 178 g/mol. The van der Waals surface area contributed by atoms with Crippen molar-refractivity contribution in [1.82, 2.24) is 0 Å². The molecule has 0 fully saturated rings. The SMILES string of the molecule is CCc1ccc2c(c1)C(O)C(C)O2. The van der Waals surface area contributed by atoms with Crippen molar-refractivity contribution in [3.8, 4) is 5.75 Å².